The van der Waals surface area contributed by atoms with Gasteiger partial charge in [0.25, 0.3) is 0 Å². The second-order valence-corrected chi connectivity index (χ2v) is 3.76. The van der Waals surface area contributed by atoms with Crippen molar-refractivity contribution in [2.75, 3.05) is 13.1 Å². The lowest BCUT2D eigenvalue weighted by molar-refractivity contribution is 0.621. The highest BCUT2D eigenvalue weighted by Crippen LogP contribution is 2.29. The average molecular weight is 236 g/mol. The Hall–Kier alpha value is -0.310. The Labute approximate surface area is 94.1 Å². The quantitative estimate of drug-likeness (QED) is 0.790. The van der Waals surface area contributed by atoms with Crippen molar-refractivity contribution in [1.29, 1.82) is 0 Å². The van der Waals surface area contributed by atoms with Crippen molar-refractivity contribution in [3.8, 4) is 0 Å². The normalized spacial score (nSPS) is 20.6. The summed E-state index contributed by atoms with van der Waals surface area (Å²) in [6, 6.07) is 4.57. The van der Waals surface area contributed by atoms with Crippen LogP contribution in [0.2, 0.25) is 5.02 Å². The van der Waals surface area contributed by atoms with Gasteiger partial charge in [-0.3, -0.25) is 0 Å². The van der Waals surface area contributed by atoms with Crippen LogP contribution < -0.4 is 5.32 Å². The molecule has 1 nitrogen and oxygen atoms in total. The largest absolute Gasteiger partial charge is 0.316 e. The number of hydrogen-bond donors (Lipinski definition) is 1. The minimum Gasteiger partial charge on any atom is -0.316 e. The van der Waals surface area contributed by atoms with Crippen LogP contribution in [0.5, 0.6) is 0 Å². The van der Waals surface area contributed by atoms with Gasteiger partial charge in [0.1, 0.15) is 5.82 Å². The summed E-state index contributed by atoms with van der Waals surface area (Å²) in [5.74, 6) is 0.175. The average Bonchev–Trinajstić information content (AvgIpc) is 2.61. The van der Waals surface area contributed by atoms with Gasteiger partial charge in [0, 0.05) is 11.6 Å². The van der Waals surface area contributed by atoms with Gasteiger partial charge in [-0.2, -0.15) is 0 Å². The molecule has 1 aromatic rings. The molecule has 1 atom stereocenters. The van der Waals surface area contributed by atoms with E-state index in [0.29, 0.717) is 10.9 Å². The molecule has 1 saturated heterocycles. The topological polar surface area (TPSA) is 12.0 Å². The predicted octanol–water partition coefficient (Wildman–Crippen LogP) is 2.98. The van der Waals surface area contributed by atoms with Crippen LogP contribution in [0.1, 0.15) is 17.9 Å². The first kappa shape index (κ1) is 11.8. The van der Waals surface area contributed by atoms with Crippen molar-refractivity contribution in [2.45, 2.75) is 12.3 Å². The van der Waals surface area contributed by atoms with E-state index in [1.807, 2.05) is 0 Å². The lowest BCUT2D eigenvalue weighted by Crippen LogP contribution is -2.08. The van der Waals surface area contributed by atoms with E-state index in [2.05, 4.69) is 5.32 Å². The third-order valence-corrected chi connectivity index (χ3v) is 2.80. The molecule has 1 fully saturated rings. The van der Waals surface area contributed by atoms with Gasteiger partial charge in [0.05, 0.1) is 0 Å². The van der Waals surface area contributed by atoms with E-state index in [1.165, 1.54) is 6.07 Å². The molecule has 0 spiro atoms. The molecule has 1 aliphatic heterocycles. The summed E-state index contributed by atoms with van der Waals surface area (Å²) in [6.07, 6.45) is 1.04. The molecule has 4 heteroatoms. The molecular formula is C10H12Cl2FN. The molecule has 0 radical (unpaired) electrons. The van der Waals surface area contributed by atoms with E-state index < -0.39 is 0 Å². The molecule has 0 saturated carbocycles. The molecule has 1 aromatic carbocycles. The van der Waals surface area contributed by atoms with E-state index >= 15 is 0 Å². The predicted molar refractivity (Wildman–Crippen MR) is 58.9 cm³/mol. The zero-order valence-electron chi connectivity index (χ0n) is 7.59. The third-order valence-electron chi connectivity index (χ3n) is 2.46. The van der Waals surface area contributed by atoms with Gasteiger partial charge in [-0.15, -0.1) is 12.4 Å². The monoisotopic (exact) mass is 235 g/mol. The zero-order valence-corrected chi connectivity index (χ0v) is 9.17. The number of nitrogens with one attached hydrogen (secondary N) is 1. The Morgan fingerprint density at radius 1 is 1.43 bits per heavy atom. The van der Waals surface area contributed by atoms with Gasteiger partial charge in [0.2, 0.25) is 0 Å². The maximum absolute atomic E-state index is 12.9. The van der Waals surface area contributed by atoms with Gasteiger partial charge in [0.15, 0.2) is 0 Å². The summed E-state index contributed by atoms with van der Waals surface area (Å²) in [6.45, 7) is 1.90. The van der Waals surface area contributed by atoms with Crippen LogP contribution >= 0.6 is 24.0 Å². The maximum Gasteiger partial charge on any atom is 0.123 e. The first-order valence-corrected chi connectivity index (χ1v) is 4.81. The summed E-state index contributed by atoms with van der Waals surface area (Å²) >= 11 is 5.98. The zero-order chi connectivity index (χ0) is 9.26. The molecule has 0 aliphatic carbocycles. The van der Waals surface area contributed by atoms with Gasteiger partial charge in [-0.25, -0.2) is 4.39 Å². The molecule has 1 aliphatic rings. The Kier molecular flexibility index (Phi) is 4.17. The van der Waals surface area contributed by atoms with Gasteiger partial charge in [-0.1, -0.05) is 11.6 Å². The maximum atomic E-state index is 12.9. The molecule has 1 unspecified atom stereocenters. The third kappa shape index (κ3) is 2.38. The molecule has 0 amide bonds. The fourth-order valence-corrected chi connectivity index (χ4v) is 2.02. The van der Waals surface area contributed by atoms with Crippen molar-refractivity contribution in [1.82, 2.24) is 5.32 Å². The van der Waals surface area contributed by atoms with Crippen LogP contribution in [0, 0.1) is 5.82 Å². The van der Waals surface area contributed by atoms with Crippen LogP contribution in [0.3, 0.4) is 0 Å². The number of benzene rings is 1. The Balaban J connectivity index is 0.000000980. The number of hydrogen-bond acceptors (Lipinski definition) is 1. The first-order chi connectivity index (χ1) is 6.27. The molecule has 78 valence electrons. The summed E-state index contributed by atoms with van der Waals surface area (Å²) in [5.41, 5.74) is 0.937. The van der Waals surface area contributed by atoms with E-state index in [1.54, 1.807) is 12.1 Å². The summed E-state index contributed by atoms with van der Waals surface area (Å²) in [4.78, 5) is 0. The summed E-state index contributed by atoms with van der Waals surface area (Å²) in [5, 5.41) is 3.91. The molecule has 0 aromatic heterocycles. The molecule has 1 heterocycles. The van der Waals surface area contributed by atoms with Crippen molar-refractivity contribution in [3.05, 3.63) is 34.6 Å². The minimum absolute atomic E-state index is 0. The van der Waals surface area contributed by atoms with Crippen molar-refractivity contribution in [3.63, 3.8) is 0 Å². The van der Waals surface area contributed by atoms with E-state index in [9.17, 15) is 4.39 Å². The van der Waals surface area contributed by atoms with E-state index in [0.717, 1.165) is 25.1 Å². The minimum atomic E-state index is -0.202. The summed E-state index contributed by atoms with van der Waals surface area (Å²) < 4.78 is 12.9. The first-order valence-electron chi connectivity index (χ1n) is 4.43. The van der Waals surface area contributed by atoms with Crippen molar-refractivity contribution >= 4 is 24.0 Å². The highest BCUT2D eigenvalue weighted by Gasteiger charge is 2.19. The highest BCUT2D eigenvalue weighted by molar-refractivity contribution is 6.31. The SMILES string of the molecule is Cl.Fc1ccc(Cl)c(C2CCNC2)c1. The van der Waals surface area contributed by atoms with Crippen LogP contribution in [-0.2, 0) is 0 Å². The standard InChI is InChI=1S/C10H11ClFN.ClH/c11-10-2-1-8(12)5-9(10)7-3-4-13-6-7;/h1-2,5,7,13H,3-4,6H2;1H. The molecule has 0 bridgehead atoms. The van der Waals surface area contributed by atoms with Crippen LogP contribution in [0.4, 0.5) is 4.39 Å². The second kappa shape index (κ2) is 4.96. The smallest absolute Gasteiger partial charge is 0.123 e. The number of halogens is 3. The van der Waals surface area contributed by atoms with E-state index in [4.69, 9.17) is 11.6 Å². The van der Waals surface area contributed by atoms with E-state index in [-0.39, 0.29) is 18.2 Å². The van der Waals surface area contributed by atoms with Crippen LogP contribution in [-0.4, -0.2) is 13.1 Å². The fourth-order valence-electron chi connectivity index (χ4n) is 1.75. The van der Waals surface area contributed by atoms with Crippen LogP contribution in [0.25, 0.3) is 0 Å². The summed E-state index contributed by atoms with van der Waals surface area (Å²) in [7, 11) is 0. The Morgan fingerprint density at radius 2 is 2.21 bits per heavy atom. The Morgan fingerprint density at radius 3 is 2.86 bits per heavy atom. The lowest BCUT2D eigenvalue weighted by Gasteiger charge is -2.10. The van der Waals surface area contributed by atoms with Gasteiger partial charge in [-0.05, 0) is 42.6 Å². The van der Waals surface area contributed by atoms with Gasteiger partial charge < -0.3 is 5.32 Å². The molecule has 14 heavy (non-hydrogen) atoms. The Bertz CT molecular complexity index is 311. The van der Waals surface area contributed by atoms with Crippen LogP contribution in [0.15, 0.2) is 18.2 Å². The number of rotatable bonds is 1. The lowest BCUT2D eigenvalue weighted by atomic mass is 9.98. The molecule has 1 N–H and O–H groups in total. The van der Waals surface area contributed by atoms with Gasteiger partial charge >= 0.3 is 0 Å². The second-order valence-electron chi connectivity index (χ2n) is 3.36. The molecule has 2 rings (SSSR count). The van der Waals surface area contributed by atoms with Crippen molar-refractivity contribution in [2.24, 2.45) is 0 Å². The molecular weight excluding hydrogens is 224 g/mol. The highest BCUT2D eigenvalue weighted by atomic mass is 35.5. The van der Waals surface area contributed by atoms with Crippen molar-refractivity contribution < 1.29 is 4.39 Å². The fraction of sp³-hybridized carbons (Fsp3) is 0.400.